The molecule has 0 radical (unpaired) electrons. The Morgan fingerprint density at radius 3 is 3.00 bits per heavy atom. The van der Waals surface area contributed by atoms with Gasteiger partial charge >= 0.3 is 0 Å². The second-order valence-corrected chi connectivity index (χ2v) is 3.86. The van der Waals surface area contributed by atoms with Gasteiger partial charge in [0.25, 0.3) is 5.91 Å². The van der Waals surface area contributed by atoms with Crippen molar-refractivity contribution in [1.29, 1.82) is 0 Å². The molecule has 1 aromatic rings. The third-order valence-electron chi connectivity index (χ3n) is 1.81. The highest BCUT2D eigenvalue weighted by molar-refractivity contribution is 9.10. The fraction of sp³-hybridized carbons (Fsp3) is 0.500. The number of hydrogen-bond acceptors (Lipinski definition) is 3. The van der Waals surface area contributed by atoms with Crippen molar-refractivity contribution < 1.29 is 13.9 Å². The Balaban J connectivity index is 2.46. The molecular formula is C10H14BrNO3. The zero-order valence-electron chi connectivity index (χ0n) is 8.75. The lowest BCUT2D eigenvalue weighted by Gasteiger charge is -2.12. The van der Waals surface area contributed by atoms with Crippen LogP contribution in [0.3, 0.4) is 0 Å². The van der Waals surface area contributed by atoms with Gasteiger partial charge in [-0.15, -0.1) is 0 Å². The van der Waals surface area contributed by atoms with Crippen molar-refractivity contribution in [3.8, 4) is 0 Å². The number of carbonyl (C=O) groups is 1. The number of ether oxygens (including phenoxy) is 1. The van der Waals surface area contributed by atoms with E-state index in [9.17, 15) is 4.79 Å². The van der Waals surface area contributed by atoms with Crippen molar-refractivity contribution >= 4 is 21.8 Å². The van der Waals surface area contributed by atoms with E-state index < -0.39 is 0 Å². The van der Waals surface area contributed by atoms with E-state index in [0.717, 1.165) is 0 Å². The van der Waals surface area contributed by atoms with E-state index in [-0.39, 0.29) is 11.9 Å². The van der Waals surface area contributed by atoms with Crippen LogP contribution in [0.15, 0.2) is 21.4 Å². The van der Waals surface area contributed by atoms with Crippen molar-refractivity contribution in [2.24, 2.45) is 0 Å². The van der Waals surface area contributed by atoms with Gasteiger partial charge in [-0.25, -0.2) is 0 Å². The summed E-state index contributed by atoms with van der Waals surface area (Å²) < 4.78 is 10.6. The molecule has 0 fully saturated rings. The Bertz CT molecular complexity index is 324. The lowest BCUT2D eigenvalue weighted by molar-refractivity contribution is 0.0870. The average Bonchev–Trinajstić information content (AvgIpc) is 2.61. The second-order valence-electron chi connectivity index (χ2n) is 3.14. The number of nitrogens with one attached hydrogen (secondary N) is 1. The summed E-state index contributed by atoms with van der Waals surface area (Å²) in [5.74, 6) is -0.164. The highest BCUT2D eigenvalue weighted by atomic mass is 79.9. The van der Waals surface area contributed by atoms with Crippen LogP contribution in [-0.2, 0) is 4.74 Å². The van der Waals surface area contributed by atoms with E-state index in [1.807, 2.05) is 13.8 Å². The van der Waals surface area contributed by atoms with Gasteiger partial charge < -0.3 is 14.5 Å². The molecule has 1 unspecified atom stereocenters. The molecule has 15 heavy (non-hydrogen) atoms. The Labute approximate surface area is 97.1 Å². The van der Waals surface area contributed by atoms with Gasteiger partial charge in [0.2, 0.25) is 0 Å². The summed E-state index contributed by atoms with van der Waals surface area (Å²) in [7, 11) is 0. The smallest absolute Gasteiger partial charge is 0.256 e. The highest BCUT2D eigenvalue weighted by Gasteiger charge is 2.14. The van der Waals surface area contributed by atoms with E-state index in [1.54, 1.807) is 6.07 Å². The highest BCUT2D eigenvalue weighted by Crippen LogP contribution is 2.17. The van der Waals surface area contributed by atoms with E-state index in [0.29, 0.717) is 23.4 Å². The Morgan fingerprint density at radius 1 is 1.73 bits per heavy atom. The normalized spacial score (nSPS) is 12.5. The number of rotatable bonds is 5. The van der Waals surface area contributed by atoms with Gasteiger partial charge in [-0.2, -0.15) is 0 Å². The van der Waals surface area contributed by atoms with Gasteiger partial charge in [0.1, 0.15) is 0 Å². The number of hydrogen-bond donors (Lipinski definition) is 1. The van der Waals surface area contributed by atoms with E-state index >= 15 is 0 Å². The Hall–Kier alpha value is -0.810. The molecule has 84 valence electrons. The van der Waals surface area contributed by atoms with Crippen LogP contribution in [0.25, 0.3) is 0 Å². The quantitative estimate of drug-likeness (QED) is 0.896. The van der Waals surface area contributed by atoms with Crippen molar-refractivity contribution in [2.75, 3.05) is 13.2 Å². The molecule has 1 rings (SSSR count). The van der Waals surface area contributed by atoms with Gasteiger partial charge in [-0.1, -0.05) is 0 Å². The van der Waals surface area contributed by atoms with Crippen LogP contribution in [-0.4, -0.2) is 25.2 Å². The van der Waals surface area contributed by atoms with Crippen molar-refractivity contribution in [2.45, 2.75) is 19.9 Å². The SMILES string of the molecule is CCOCC(C)NC(=O)c1ccoc1Br. The topological polar surface area (TPSA) is 51.5 Å². The summed E-state index contributed by atoms with van der Waals surface area (Å²) in [6, 6.07) is 1.60. The van der Waals surface area contributed by atoms with Crippen LogP contribution in [0.5, 0.6) is 0 Å². The first-order chi connectivity index (χ1) is 7.15. The first kappa shape index (κ1) is 12.3. The molecule has 0 bridgehead atoms. The van der Waals surface area contributed by atoms with Crippen LogP contribution in [0.1, 0.15) is 24.2 Å². The fourth-order valence-corrected chi connectivity index (χ4v) is 1.51. The summed E-state index contributed by atoms with van der Waals surface area (Å²) >= 11 is 3.15. The minimum Gasteiger partial charge on any atom is -0.457 e. The summed E-state index contributed by atoms with van der Waals surface area (Å²) in [6.45, 7) is 4.97. The lowest BCUT2D eigenvalue weighted by atomic mass is 10.3. The Kier molecular flexibility index (Phi) is 4.84. The van der Waals surface area contributed by atoms with Gasteiger partial charge in [-0.05, 0) is 35.8 Å². The van der Waals surface area contributed by atoms with Gasteiger partial charge in [0.05, 0.1) is 18.4 Å². The number of amides is 1. The van der Waals surface area contributed by atoms with Crippen LogP contribution in [0.4, 0.5) is 0 Å². The molecule has 1 atom stereocenters. The molecule has 1 N–H and O–H groups in total. The maximum Gasteiger partial charge on any atom is 0.256 e. The van der Waals surface area contributed by atoms with Crippen LogP contribution in [0.2, 0.25) is 0 Å². The van der Waals surface area contributed by atoms with Crippen LogP contribution < -0.4 is 5.32 Å². The molecule has 0 saturated carbocycles. The Morgan fingerprint density at radius 2 is 2.47 bits per heavy atom. The summed E-state index contributed by atoms with van der Waals surface area (Å²) in [5, 5.41) is 2.80. The number of furan rings is 1. The standard InChI is InChI=1S/C10H14BrNO3/c1-3-14-6-7(2)12-10(13)8-4-5-15-9(8)11/h4-5,7H,3,6H2,1-2H3,(H,12,13). The fourth-order valence-electron chi connectivity index (χ4n) is 1.09. The first-order valence-corrected chi connectivity index (χ1v) is 5.56. The maximum absolute atomic E-state index is 11.6. The van der Waals surface area contributed by atoms with Crippen LogP contribution in [0, 0.1) is 0 Å². The number of halogens is 1. The molecule has 1 heterocycles. The van der Waals surface area contributed by atoms with Gasteiger partial charge in [-0.3, -0.25) is 4.79 Å². The van der Waals surface area contributed by atoms with Gasteiger partial charge in [0, 0.05) is 12.6 Å². The predicted octanol–water partition coefficient (Wildman–Crippen LogP) is 2.20. The zero-order valence-corrected chi connectivity index (χ0v) is 10.3. The van der Waals surface area contributed by atoms with E-state index in [2.05, 4.69) is 21.2 Å². The second kappa shape index (κ2) is 5.92. The molecule has 0 aliphatic rings. The minimum atomic E-state index is -0.164. The van der Waals surface area contributed by atoms with Crippen molar-refractivity contribution in [1.82, 2.24) is 5.32 Å². The lowest BCUT2D eigenvalue weighted by Crippen LogP contribution is -2.35. The maximum atomic E-state index is 11.6. The molecule has 0 aromatic carbocycles. The molecule has 0 saturated heterocycles. The minimum absolute atomic E-state index is 0.0146. The summed E-state index contributed by atoms with van der Waals surface area (Å²) in [4.78, 5) is 11.6. The molecular weight excluding hydrogens is 262 g/mol. The monoisotopic (exact) mass is 275 g/mol. The summed E-state index contributed by atoms with van der Waals surface area (Å²) in [6.07, 6.45) is 1.46. The largest absolute Gasteiger partial charge is 0.457 e. The van der Waals surface area contributed by atoms with E-state index in [4.69, 9.17) is 9.15 Å². The summed E-state index contributed by atoms with van der Waals surface area (Å²) in [5.41, 5.74) is 0.498. The first-order valence-electron chi connectivity index (χ1n) is 4.76. The average molecular weight is 276 g/mol. The third kappa shape index (κ3) is 3.68. The molecule has 4 nitrogen and oxygen atoms in total. The van der Waals surface area contributed by atoms with Crippen molar-refractivity contribution in [3.05, 3.63) is 22.6 Å². The molecule has 0 aliphatic carbocycles. The molecule has 0 spiro atoms. The molecule has 0 aliphatic heterocycles. The zero-order chi connectivity index (χ0) is 11.3. The van der Waals surface area contributed by atoms with Crippen molar-refractivity contribution in [3.63, 3.8) is 0 Å². The third-order valence-corrected chi connectivity index (χ3v) is 2.43. The number of carbonyl (C=O) groups excluding carboxylic acids is 1. The molecule has 5 heteroatoms. The molecule has 1 aromatic heterocycles. The predicted molar refractivity (Wildman–Crippen MR) is 59.8 cm³/mol. The van der Waals surface area contributed by atoms with E-state index in [1.165, 1.54) is 6.26 Å². The van der Waals surface area contributed by atoms with Crippen LogP contribution >= 0.6 is 15.9 Å². The molecule has 1 amide bonds. The van der Waals surface area contributed by atoms with Gasteiger partial charge in [0.15, 0.2) is 4.67 Å².